The van der Waals surface area contributed by atoms with Gasteiger partial charge in [-0.25, -0.2) is 4.39 Å². The minimum atomic E-state index is -1.03. The molecule has 2 aliphatic heterocycles. The molecule has 0 radical (unpaired) electrons. The predicted molar refractivity (Wildman–Crippen MR) is 100 cm³/mol. The van der Waals surface area contributed by atoms with Gasteiger partial charge in [0.05, 0.1) is 6.04 Å². The highest BCUT2D eigenvalue weighted by Gasteiger charge is 2.32. The number of ether oxygens (including phenoxy) is 1. The highest BCUT2D eigenvalue weighted by Crippen LogP contribution is 2.36. The topological polar surface area (TPSA) is 77.0 Å². The summed E-state index contributed by atoms with van der Waals surface area (Å²) in [5.41, 5.74) is 2.41. The standard InChI is InChI=1S/C20H24FN3O3/c21-14-3-1-13(2-4-14)20(26)23-19-16-11-15(24-9-7-22-8-10-24)5-6-18(16)27-12-17(19)25/h1-6,11,17,19-20,22-23,25-26H,7-10,12H2. The Morgan fingerprint density at radius 1 is 1.15 bits per heavy atom. The number of nitrogens with zero attached hydrogens (tertiary/aromatic N) is 1. The number of hydrogen-bond donors (Lipinski definition) is 4. The highest BCUT2D eigenvalue weighted by molar-refractivity contribution is 5.55. The summed E-state index contributed by atoms with van der Waals surface area (Å²) in [5.74, 6) is 0.339. The third-order valence-electron chi connectivity index (χ3n) is 5.13. The minimum absolute atomic E-state index is 0.147. The molecular formula is C20H24FN3O3. The SMILES string of the molecule is OC(NC1c2cc(N3CCNCC3)ccc2OCC1O)c1ccc(F)cc1. The van der Waals surface area contributed by atoms with E-state index in [9.17, 15) is 14.6 Å². The summed E-state index contributed by atoms with van der Waals surface area (Å²) in [4.78, 5) is 2.28. The molecule has 3 atom stereocenters. The van der Waals surface area contributed by atoms with E-state index in [-0.39, 0.29) is 12.4 Å². The van der Waals surface area contributed by atoms with Gasteiger partial charge in [0, 0.05) is 37.4 Å². The van der Waals surface area contributed by atoms with E-state index in [1.165, 1.54) is 24.3 Å². The van der Waals surface area contributed by atoms with Gasteiger partial charge < -0.3 is 25.2 Å². The second-order valence-electron chi connectivity index (χ2n) is 6.94. The molecular weight excluding hydrogens is 349 g/mol. The molecule has 0 saturated carbocycles. The lowest BCUT2D eigenvalue weighted by molar-refractivity contribution is 0.0232. The second kappa shape index (κ2) is 7.82. The number of fused-ring (bicyclic) bond motifs is 1. The summed E-state index contributed by atoms with van der Waals surface area (Å²) in [6.45, 7) is 3.84. The van der Waals surface area contributed by atoms with Crippen LogP contribution < -0.4 is 20.3 Å². The van der Waals surface area contributed by atoms with Crippen molar-refractivity contribution in [3.63, 3.8) is 0 Å². The molecule has 2 aliphatic rings. The first-order valence-corrected chi connectivity index (χ1v) is 9.22. The second-order valence-corrected chi connectivity index (χ2v) is 6.94. The first-order chi connectivity index (χ1) is 13.1. The third-order valence-corrected chi connectivity index (χ3v) is 5.13. The average Bonchev–Trinajstić information content (AvgIpc) is 2.71. The number of piperazine rings is 1. The lowest BCUT2D eigenvalue weighted by Gasteiger charge is -2.35. The highest BCUT2D eigenvalue weighted by atomic mass is 19.1. The molecule has 0 bridgehead atoms. The average molecular weight is 373 g/mol. The molecule has 2 aromatic carbocycles. The zero-order valence-corrected chi connectivity index (χ0v) is 14.9. The van der Waals surface area contributed by atoms with Gasteiger partial charge in [0.2, 0.25) is 0 Å². The van der Waals surface area contributed by atoms with Gasteiger partial charge in [0.25, 0.3) is 0 Å². The molecule has 4 rings (SSSR count). The van der Waals surface area contributed by atoms with Crippen molar-refractivity contribution in [1.82, 2.24) is 10.6 Å². The lowest BCUT2D eigenvalue weighted by Crippen LogP contribution is -2.44. The van der Waals surface area contributed by atoms with E-state index in [0.717, 1.165) is 37.4 Å². The van der Waals surface area contributed by atoms with Crippen LogP contribution in [0.4, 0.5) is 10.1 Å². The van der Waals surface area contributed by atoms with Crippen LogP contribution in [0.15, 0.2) is 42.5 Å². The maximum Gasteiger partial charge on any atom is 0.131 e. The quantitative estimate of drug-likeness (QED) is 0.606. The van der Waals surface area contributed by atoms with Gasteiger partial charge in [-0.15, -0.1) is 0 Å². The Balaban J connectivity index is 1.58. The predicted octanol–water partition coefficient (Wildman–Crippen LogP) is 1.31. The molecule has 144 valence electrons. The number of nitrogens with one attached hydrogen (secondary N) is 2. The third kappa shape index (κ3) is 3.91. The molecule has 2 aromatic rings. The Morgan fingerprint density at radius 2 is 1.89 bits per heavy atom. The summed E-state index contributed by atoms with van der Waals surface area (Å²) >= 11 is 0. The van der Waals surface area contributed by atoms with E-state index in [1.807, 2.05) is 18.2 Å². The molecule has 4 N–H and O–H groups in total. The van der Waals surface area contributed by atoms with Crippen LogP contribution in [-0.4, -0.2) is 49.1 Å². The molecule has 7 heteroatoms. The molecule has 1 fully saturated rings. The Morgan fingerprint density at radius 3 is 2.63 bits per heavy atom. The fraction of sp³-hybridized carbons (Fsp3) is 0.400. The molecule has 1 saturated heterocycles. The first kappa shape index (κ1) is 18.2. The van der Waals surface area contributed by atoms with Crippen LogP contribution >= 0.6 is 0 Å². The normalized spacial score (nSPS) is 23.4. The van der Waals surface area contributed by atoms with E-state index in [1.54, 1.807) is 0 Å². The largest absolute Gasteiger partial charge is 0.490 e. The van der Waals surface area contributed by atoms with Crippen LogP contribution in [0.5, 0.6) is 5.75 Å². The van der Waals surface area contributed by atoms with Crippen LogP contribution in [-0.2, 0) is 0 Å². The first-order valence-electron chi connectivity index (χ1n) is 9.22. The zero-order chi connectivity index (χ0) is 18.8. The lowest BCUT2D eigenvalue weighted by atomic mass is 9.96. The van der Waals surface area contributed by atoms with Crippen molar-refractivity contribution >= 4 is 5.69 Å². The van der Waals surface area contributed by atoms with Crippen molar-refractivity contribution in [3.05, 3.63) is 59.4 Å². The van der Waals surface area contributed by atoms with Crippen LogP contribution in [0.1, 0.15) is 23.4 Å². The number of halogens is 1. The Hall–Kier alpha value is -2.19. The molecule has 27 heavy (non-hydrogen) atoms. The van der Waals surface area contributed by atoms with Gasteiger partial charge in [-0.05, 0) is 35.9 Å². The number of aliphatic hydroxyl groups excluding tert-OH is 2. The molecule has 3 unspecified atom stereocenters. The van der Waals surface area contributed by atoms with E-state index >= 15 is 0 Å². The number of benzene rings is 2. The van der Waals surface area contributed by atoms with Crippen molar-refractivity contribution in [2.24, 2.45) is 0 Å². The van der Waals surface area contributed by atoms with Gasteiger partial charge in [-0.1, -0.05) is 12.1 Å². The summed E-state index contributed by atoms with van der Waals surface area (Å²) in [7, 11) is 0. The molecule has 0 aliphatic carbocycles. The summed E-state index contributed by atoms with van der Waals surface area (Å²) in [6, 6.07) is 11.1. The number of aliphatic hydroxyl groups is 2. The molecule has 0 spiro atoms. The van der Waals surface area contributed by atoms with Gasteiger partial charge in [-0.2, -0.15) is 0 Å². The van der Waals surface area contributed by atoms with Gasteiger partial charge in [-0.3, -0.25) is 5.32 Å². The fourth-order valence-electron chi connectivity index (χ4n) is 3.62. The zero-order valence-electron chi connectivity index (χ0n) is 14.9. The van der Waals surface area contributed by atoms with Gasteiger partial charge in [0.15, 0.2) is 0 Å². The van der Waals surface area contributed by atoms with Crippen molar-refractivity contribution in [3.8, 4) is 5.75 Å². The number of hydrogen-bond acceptors (Lipinski definition) is 6. The van der Waals surface area contributed by atoms with E-state index in [0.29, 0.717) is 11.3 Å². The van der Waals surface area contributed by atoms with E-state index in [4.69, 9.17) is 4.74 Å². The summed E-state index contributed by atoms with van der Waals surface area (Å²) < 4.78 is 18.8. The monoisotopic (exact) mass is 373 g/mol. The Labute approximate surface area is 157 Å². The van der Waals surface area contributed by atoms with Crippen LogP contribution in [0, 0.1) is 5.82 Å². The van der Waals surface area contributed by atoms with Crippen molar-refractivity contribution in [1.29, 1.82) is 0 Å². The van der Waals surface area contributed by atoms with Crippen molar-refractivity contribution < 1.29 is 19.3 Å². The van der Waals surface area contributed by atoms with Crippen LogP contribution in [0.2, 0.25) is 0 Å². The molecule has 0 aromatic heterocycles. The molecule has 2 heterocycles. The molecule has 0 amide bonds. The van der Waals surface area contributed by atoms with Crippen molar-refractivity contribution in [2.45, 2.75) is 18.4 Å². The maximum absolute atomic E-state index is 13.1. The maximum atomic E-state index is 13.1. The van der Waals surface area contributed by atoms with Crippen LogP contribution in [0.25, 0.3) is 0 Å². The summed E-state index contributed by atoms with van der Waals surface area (Å²) in [5, 5.41) is 27.4. The van der Waals surface area contributed by atoms with Gasteiger partial charge in [0.1, 0.15) is 30.5 Å². The number of anilines is 1. The number of rotatable bonds is 4. The Kier molecular flexibility index (Phi) is 5.27. The fourth-order valence-corrected chi connectivity index (χ4v) is 3.62. The van der Waals surface area contributed by atoms with E-state index in [2.05, 4.69) is 15.5 Å². The van der Waals surface area contributed by atoms with E-state index < -0.39 is 18.4 Å². The minimum Gasteiger partial charge on any atom is -0.490 e. The molecule has 6 nitrogen and oxygen atoms in total. The van der Waals surface area contributed by atoms with Gasteiger partial charge >= 0.3 is 0 Å². The Bertz CT molecular complexity index is 781. The van der Waals surface area contributed by atoms with Crippen LogP contribution in [0.3, 0.4) is 0 Å². The smallest absolute Gasteiger partial charge is 0.131 e. The summed E-state index contributed by atoms with van der Waals surface area (Å²) in [6.07, 6.45) is -1.83. The van der Waals surface area contributed by atoms with Crippen molar-refractivity contribution in [2.75, 3.05) is 37.7 Å².